The minimum atomic E-state index is -0.0280. The normalized spacial score (nSPS) is 13.0. The van der Waals surface area contributed by atoms with Gasteiger partial charge in [-0.05, 0) is 19.1 Å². The second-order valence-electron chi connectivity index (χ2n) is 4.62. The van der Waals surface area contributed by atoms with Crippen molar-refractivity contribution in [3.8, 4) is 0 Å². The van der Waals surface area contributed by atoms with Crippen LogP contribution in [0.4, 0.5) is 0 Å². The van der Waals surface area contributed by atoms with Crippen LogP contribution in [0.2, 0.25) is 5.02 Å². The maximum atomic E-state index is 6.21. The molecule has 0 radical (unpaired) electrons. The van der Waals surface area contributed by atoms with Crippen LogP contribution in [0.5, 0.6) is 0 Å². The van der Waals surface area contributed by atoms with Gasteiger partial charge in [0.05, 0.1) is 22.5 Å². The molecule has 3 aromatic rings. The van der Waals surface area contributed by atoms with E-state index < -0.39 is 0 Å². The summed E-state index contributed by atoms with van der Waals surface area (Å²) in [6.07, 6.45) is 1.68. The smallest absolute Gasteiger partial charge is 0.155 e. The van der Waals surface area contributed by atoms with Crippen LogP contribution in [-0.2, 0) is 12.9 Å². The van der Waals surface area contributed by atoms with E-state index in [1.54, 1.807) is 6.33 Å². The summed E-state index contributed by atoms with van der Waals surface area (Å²) >= 11 is 12.2. The van der Waals surface area contributed by atoms with E-state index in [1.807, 2.05) is 36.7 Å². The molecule has 20 heavy (non-hydrogen) atoms. The SMILES string of the molecule is CC(c1nncn1C)n1c(CCl)nc2c(Cl)cccc21. The number of rotatable bonds is 3. The zero-order valence-electron chi connectivity index (χ0n) is 11.1. The van der Waals surface area contributed by atoms with Crippen molar-refractivity contribution in [2.75, 3.05) is 0 Å². The highest BCUT2D eigenvalue weighted by atomic mass is 35.5. The molecular weight excluding hydrogens is 297 g/mol. The second kappa shape index (κ2) is 5.07. The zero-order valence-corrected chi connectivity index (χ0v) is 12.6. The van der Waals surface area contributed by atoms with Crippen molar-refractivity contribution in [2.45, 2.75) is 18.8 Å². The molecule has 0 saturated carbocycles. The molecule has 104 valence electrons. The van der Waals surface area contributed by atoms with Crippen LogP contribution in [-0.4, -0.2) is 24.3 Å². The molecule has 1 aromatic carbocycles. The van der Waals surface area contributed by atoms with Gasteiger partial charge in [0.15, 0.2) is 5.82 Å². The van der Waals surface area contributed by atoms with Crippen LogP contribution >= 0.6 is 23.2 Å². The first-order valence-electron chi connectivity index (χ1n) is 6.18. The Bertz CT molecular complexity index is 761. The number of halogens is 2. The second-order valence-corrected chi connectivity index (χ2v) is 5.29. The van der Waals surface area contributed by atoms with Crippen LogP contribution in [0.1, 0.15) is 24.6 Å². The summed E-state index contributed by atoms with van der Waals surface area (Å²) in [5.41, 5.74) is 1.71. The van der Waals surface area contributed by atoms with Crippen LogP contribution in [0.15, 0.2) is 24.5 Å². The van der Waals surface area contributed by atoms with E-state index in [0.29, 0.717) is 10.9 Å². The van der Waals surface area contributed by atoms with Crippen molar-refractivity contribution in [2.24, 2.45) is 7.05 Å². The number of nitrogens with zero attached hydrogens (tertiary/aromatic N) is 5. The van der Waals surface area contributed by atoms with Crippen molar-refractivity contribution < 1.29 is 0 Å². The van der Waals surface area contributed by atoms with Crippen molar-refractivity contribution in [3.05, 3.63) is 41.2 Å². The fourth-order valence-electron chi connectivity index (χ4n) is 2.44. The molecule has 0 amide bonds. The molecule has 0 bridgehead atoms. The first kappa shape index (κ1) is 13.4. The zero-order chi connectivity index (χ0) is 14.3. The fourth-order valence-corrected chi connectivity index (χ4v) is 2.84. The molecule has 7 heteroatoms. The number of benzene rings is 1. The summed E-state index contributed by atoms with van der Waals surface area (Å²) in [6.45, 7) is 2.04. The molecule has 1 atom stereocenters. The summed E-state index contributed by atoms with van der Waals surface area (Å²) in [6, 6.07) is 5.69. The molecule has 0 spiro atoms. The Labute approximate surface area is 126 Å². The monoisotopic (exact) mass is 309 g/mol. The Morgan fingerprint density at radius 3 is 2.80 bits per heavy atom. The Hall–Kier alpha value is -1.59. The number of hydrogen-bond acceptors (Lipinski definition) is 3. The van der Waals surface area contributed by atoms with E-state index in [-0.39, 0.29) is 6.04 Å². The van der Waals surface area contributed by atoms with E-state index in [4.69, 9.17) is 23.2 Å². The highest BCUT2D eigenvalue weighted by Crippen LogP contribution is 2.29. The predicted molar refractivity (Wildman–Crippen MR) is 79.1 cm³/mol. The van der Waals surface area contributed by atoms with E-state index in [9.17, 15) is 0 Å². The molecule has 1 unspecified atom stereocenters. The fraction of sp³-hybridized carbons (Fsp3) is 0.308. The van der Waals surface area contributed by atoms with Gasteiger partial charge in [-0.2, -0.15) is 0 Å². The van der Waals surface area contributed by atoms with E-state index >= 15 is 0 Å². The molecule has 2 heterocycles. The van der Waals surface area contributed by atoms with Gasteiger partial charge in [0, 0.05) is 7.05 Å². The van der Waals surface area contributed by atoms with E-state index in [0.717, 1.165) is 22.7 Å². The van der Waals surface area contributed by atoms with Gasteiger partial charge >= 0.3 is 0 Å². The maximum Gasteiger partial charge on any atom is 0.155 e. The predicted octanol–water partition coefficient (Wildman–Crippen LogP) is 3.17. The van der Waals surface area contributed by atoms with Crippen LogP contribution in [0.3, 0.4) is 0 Å². The van der Waals surface area contributed by atoms with Crippen LogP contribution < -0.4 is 0 Å². The molecule has 5 nitrogen and oxygen atoms in total. The Morgan fingerprint density at radius 2 is 2.15 bits per heavy atom. The van der Waals surface area contributed by atoms with E-state index in [1.165, 1.54) is 0 Å². The maximum absolute atomic E-state index is 6.21. The van der Waals surface area contributed by atoms with Gasteiger partial charge in [0.1, 0.15) is 17.7 Å². The van der Waals surface area contributed by atoms with Crippen molar-refractivity contribution >= 4 is 34.2 Å². The summed E-state index contributed by atoms with van der Waals surface area (Å²) in [5.74, 6) is 1.92. The first-order chi connectivity index (χ1) is 9.63. The van der Waals surface area contributed by atoms with Gasteiger partial charge in [0.2, 0.25) is 0 Å². The molecule has 0 saturated heterocycles. The van der Waals surface area contributed by atoms with Gasteiger partial charge < -0.3 is 9.13 Å². The molecule has 3 rings (SSSR count). The highest BCUT2D eigenvalue weighted by molar-refractivity contribution is 6.35. The van der Waals surface area contributed by atoms with Crippen molar-refractivity contribution in [1.82, 2.24) is 24.3 Å². The number of para-hydroxylation sites is 1. The number of aromatic nitrogens is 5. The molecule has 0 aliphatic rings. The molecule has 0 N–H and O–H groups in total. The Balaban J connectivity index is 2.25. The third-order valence-corrected chi connectivity index (χ3v) is 3.91. The van der Waals surface area contributed by atoms with Gasteiger partial charge in [-0.3, -0.25) is 0 Å². The van der Waals surface area contributed by atoms with Crippen LogP contribution in [0.25, 0.3) is 11.0 Å². The number of fused-ring (bicyclic) bond motifs is 1. The van der Waals surface area contributed by atoms with E-state index in [2.05, 4.69) is 19.7 Å². The van der Waals surface area contributed by atoms with Crippen LogP contribution in [0, 0.1) is 0 Å². The minimum Gasteiger partial charge on any atom is -0.319 e. The van der Waals surface area contributed by atoms with Gasteiger partial charge in [-0.1, -0.05) is 17.7 Å². The summed E-state index contributed by atoms with van der Waals surface area (Å²) in [5, 5.41) is 8.71. The summed E-state index contributed by atoms with van der Waals surface area (Å²) < 4.78 is 3.94. The summed E-state index contributed by atoms with van der Waals surface area (Å²) in [4.78, 5) is 4.53. The van der Waals surface area contributed by atoms with Crippen molar-refractivity contribution in [1.29, 1.82) is 0 Å². The standard InChI is InChI=1S/C13H13Cl2N5/c1-8(13-18-16-7-19(13)2)20-10-5-3-4-9(15)12(10)17-11(20)6-14/h3-5,7-8H,6H2,1-2H3. The molecule has 0 fully saturated rings. The summed E-state index contributed by atoms with van der Waals surface area (Å²) in [7, 11) is 1.91. The quantitative estimate of drug-likeness (QED) is 0.698. The van der Waals surface area contributed by atoms with Gasteiger partial charge in [-0.15, -0.1) is 21.8 Å². The Morgan fingerprint density at radius 1 is 1.35 bits per heavy atom. The lowest BCUT2D eigenvalue weighted by Gasteiger charge is -2.16. The molecular formula is C13H13Cl2N5. The average molecular weight is 310 g/mol. The largest absolute Gasteiger partial charge is 0.319 e. The third kappa shape index (κ3) is 1.98. The average Bonchev–Trinajstić information content (AvgIpc) is 3.02. The molecule has 2 aromatic heterocycles. The lowest BCUT2D eigenvalue weighted by molar-refractivity contribution is 0.572. The van der Waals surface area contributed by atoms with Gasteiger partial charge in [0.25, 0.3) is 0 Å². The first-order valence-corrected chi connectivity index (χ1v) is 7.10. The molecule has 0 aliphatic heterocycles. The third-order valence-electron chi connectivity index (χ3n) is 3.37. The number of aryl methyl sites for hydroxylation is 1. The highest BCUT2D eigenvalue weighted by Gasteiger charge is 2.20. The number of imidazole rings is 1. The lowest BCUT2D eigenvalue weighted by Crippen LogP contribution is -2.14. The molecule has 0 aliphatic carbocycles. The van der Waals surface area contributed by atoms with Crippen molar-refractivity contribution in [3.63, 3.8) is 0 Å². The number of hydrogen-bond donors (Lipinski definition) is 0. The minimum absolute atomic E-state index is 0.0280. The Kier molecular flexibility index (Phi) is 3.40. The van der Waals surface area contributed by atoms with Gasteiger partial charge in [-0.25, -0.2) is 4.98 Å². The topological polar surface area (TPSA) is 48.5 Å². The number of alkyl halides is 1. The lowest BCUT2D eigenvalue weighted by atomic mass is 10.2.